The molecular formula is C14H23N6O4+. The molecule has 0 atom stereocenters. The molecule has 1 aliphatic rings. The molecule has 0 aliphatic carbocycles. The van der Waals surface area contributed by atoms with Gasteiger partial charge in [0.05, 0.1) is 5.69 Å². The van der Waals surface area contributed by atoms with Crippen molar-refractivity contribution in [1.82, 2.24) is 20.2 Å². The Balaban J connectivity index is 2.19. The molecule has 3 N–H and O–H groups in total. The summed E-state index contributed by atoms with van der Waals surface area (Å²) in [5.74, 6) is -0.194. The highest BCUT2D eigenvalue weighted by atomic mass is 16.8. The van der Waals surface area contributed by atoms with Gasteiger partial charge < -0.3 is 20.7 Å². The van der Waals surface area contributed by atoms with Crippen molar-refractivity contribution < 1.29 is 19.3 Å². The highest BCUT2D eigenvalue weighted by Crippen LogP contribution is 2.26. The number of piperazine rings is 1. The van der Waals surface area contributed by atoms with Crippen LogP contribution in [0.15, 0.2) is 0 Å². The molecule has 1 amide bonds. The number of hydrogen-bond donors (Lipinski definition) is 2. The molecule has 1 aromatic heterocycles. The summed E-state index contributed by atoms with van der Waals surface area (Å²) in [6, 6.07) is -0.237. The monoisotopic (exact) mass is 339 g/mol. The number of carbonyl (C=O) groups excluding carboxylic acids is 1. The van der Waals surface area contributed by atoms with E-state index in [0.717, 1.165) is 0 Å². The molecule has 0 spiro atoms. The molecule has 132 valence electrons. The Morgan fingerprint density at radius 2 is 1.92 bits per heavy atom. The minimum absolute atomic E-state index is 0.0659. The molecule has 0 radical (unpaired) electrons. The SMILES string of the molecule is Cc1nc(OC(=O)N2CCNCC2)nc([N+](=O)OC(C)(C)C)c1N. The lowest BCUT2D eigenvalue weighted by Crippen LogP contribution is -2.47. The average Bonchev–Trinajstić information content (AvgIpc) is 2.49. The van der Waals surface area contributed by atoms with Crippen LogP contribution in [0.4, 0.5) is 16.3 Å². The third-order valence-corrected chi connectivity index (χ3v) is 3.18. The largest absolute Gasteiger partial charge is 0.443 e. The molecule has 0 unspecified atom stereocenters. The number of anilines is 1. The molecule has 0 saturated carbocycles. The number of ether oxygens (including phenoxy) is 1. The van der Waals surface area contributed by atoms with Crippen molar-refractivity contribution in [1.29, 1.82) is 0 Å². The molecule has 2 heterocycles. The first-order valence-corrected chi connectivity index (χ1v) is 7.65. The van der Waals surface area contributed by atoms with E-state index < -0.39 is 11.7 Å². The summed E-state index contributed by atoms with van der Waals surface area (Å²) in [7, 11) is 0. The zero-order chi connectivity index (χ0) is 17.9. The predicted molar refractivity (Wildman–Crippen MR) is 85.8 cm³/mol. The molecule has 1 fully saturated rings. The normalized spacial score (nSPS) is 15.1. The number of nitrogens with one attached hydrogen (secondary N) is 1. The molecule has 10 heteroatoms. The lowest BCUT2D eigenvalue weighted by atomic mass is 10.2. The summed E-state index contributed by atoms with van der Waals surface area (Å²) in [6.45, 7) is 9.17. The van der Waals surface area contributed by atoms with Gasteiger partial charge in [0.25, 0.3) is 0 Å². The zero-order valence-corrected chi connectivity index (χ0v) is 14.3. The molecular weight excluding hydrogens is 316 g/mol. The van der Waals surface area contributed by atoms with Gasteiger partial charge in [0.1, 0.15) is 0 Å². The van der Waals surface area contributed by atoms with Gasteiger partial charge in [-0.05, 0) is 32.6 Å². The van der Waals surface area contributed by atoms with Crippen molar-refractivity contribution in [3.8, 4) is 6.01 Å². The Labute approximate surface area is 139 Å². The summed E-state index contributed by atoms with van der Waals surface area (Å²) >= 11 is 0. The molecule has 1 aliphatic heterocycles. The maximum atomic E-state index is 12.1. The molecule has 1 aromatic rings. The number of nitrogens with zero attached hydrogens (tertiary/aromatic N) is 4. The van der Waals surface area contributed by atoms with Gasteiger partial charge in [-0.25, -0.2) is 4.79 Å². The van der Waals surface area contributed by atoms with Crippen molar-refractivity contribution in [3.05, 3.63) is 10.6 Å². The molecule has 0 bridgehead atoms. The summed E-state index contributed by atoms with van der Waals surface area (Å²) in [5.41, 5.74) is 5.49. The Morgan fingerprint density at radius 3 is 2.50 bits per heavy atom. The van der Waals surface area contributed by atoms with E-state index in [9.17, 15) is 9.70 Å². The van der Waals surface area contributed by atoms with E-state index in [-0.39, 0.29) is 22.4 Å². The topological polar surface area (TPSA) is 123 Å². The van der Waals surface area contributed by atoms with Gasteiger partial charge >= 0.3 is 17.9 Å². The average molecular weight is 339 g/mol. The lowest BCUT2D eigenvalue weighted by Gasteiger charge is -2.25. The van der Waals surface area contributed by atoms with E-state index in [0.29, 0.717) is 31.9 Å². The number of nitrogen functional groups attached to an aromatic ring is 1. The second-order valence-corrected chi connectivity index (χ2v) is 6.39. The van der Waals surface area contributed by atoms with E-state index >= 15 is 0 Å². The molecule has 1 saturated heterocycles. The van der Waals surface area contributed by atoms with E-state index in [1.807, 2.05) is 0 Å². The number of carbonyl (C=O) groups is 1. The first-order valence-electron chi connectivity index (χ1n) is 7.65. The predicted octanol–water partition coefficient (Wildman–Crippen LogP) is 0.912. The van der Waals surface area contributed by atoms with Gasteiger partial charge in [-0.1, -0.05) is 0 Å². The molecule has 10 nitrogen and oxygen atoms in total. The maximum absolute atomic E-state index is 12.1. The fourth-order valence-corrected chi connectivity index (χ4v) is 2.01. The number of rotatable bonds is 3. The first-order chi connectivity index (χ1) is 11.2. The highest BCUT2D eigenvalue weighted by molar-refractivity contribution is 5.70. The number of aromatic nitrogens is 2. The second kappa shape index (κ2) is 6.95. The van der Waals surface area contributed by atoms with Gasteiger partial charge in [0, 0.05) is 31.2 Å². The smallest absolute Gasteiger partial charge is 0.390 e. The number of amides is 1. The van der Waals surface area contributed by atoms with Crippen LogP contribution in [0.5, 0.6) is 6.01 Å². The van der Waals surface area contributed by atoms with E-state index in [4.69, 9.17) is 15.3 Å². The third-order valence-electron chi connectivity index (χ3n) is 3.18. The number of nitrogens with two attached hydrogens (primary N) is 1. The van der Waals surface area contributed by atoms with Gasteiger partial charge in [-0.3, -0.25) is 4.84 Å². The van der Waals surface area contributed by atoms with Crippen molar-refractivity contribution in [2.24, 2.45) is 0 Å². The van der Waals surface area contributed by atoms with Crippen LogP contribution in [0.25, 0.3) is 0 Å². The summed E-state index contributed by atoms with van der Waals surface area (Å²) in [4.78, 5) is 39.1. The summed E-state index contributed by atoms with van der Waals surface area (Å²) in [6.07, 6.45) is -0.569. The number of aryl methyl sites for hydroxylation is 1. The Hall–Kier alpha value is -2.49. The van der Waals surface area contributed by atoms with Crippen molar-refractivity contribution >= 4 is 17.6 Å². The van der Waals surface area contributed by atoms with Gasteiger partial charge in [0.15, 0.2) is 16.2 Å². The summed E-state index contributed by atoms with van der Waals surface area (Å²) < 4.78 is 5.17. The van der Waals surface area contributed by atoms with Crippen LogP contribution < -0.4 is 15.8 Å². The fourth-order valence-electron chi connectivity index (χ4n) is 2.01. The minimum Gasteiger partial charge on any atom is -0.390 e. The van der Waals surface area contributed by atoms with Gasteiger partial charge in [-0.2, -0.15) is 4.98 Å². The van der Waals surface area contributed by atoms with Crippen molar-refractivity contribution in [2.45, 2.75) is 33.3 Å². The van der Waals surface area contributed by atoms with E-state index in [1.165, 1.54) is 4.90 Å². The van der Waals surface area contributed by atoms with E-state index in [1.54, 1.807) is 27.7 Å². The van der Waals surface area contributed by atoms with Crippen molar-refractivity contribution in [3.63, 3.8) is 0 Å². The number of hydrogen-bond acceptors (Lipinski definition) is 8. The fraction of sp³-hybridized carbons (Fsp3) is 0.643. The van der Waals surface area contributed by atoms with Crippen LogP contribution in [0, 0.1) is 11.8 Å². The highest BCUT2D eigenvalue weighted by Gasteiger charge is 2.32. The minimum atomic E-state index is -0.731. The van der Waals surface area contributed by atoms with Crippen LogP contribution in [0.1, 0.15) is 26.5 Å². The molecule has 0 aromatic carbocycles. The van der Waals surface area contributed by atoms with Crippen LogP contribution in [-0.4, -0.2) is 57.7 Å². The Bertz CT molecular complexity index is 637. The quantitative estimate of drug-likeness (QED) is 0.779. The van der Waals surface area contributed by atoms with Crippen LogP contribution in [0.3, 0.4) is 0 Å². The van der Waals surface area contributed by atoms with E-state index in [2.05, 4.69) is 15.3 Å². The van der Waals surface area contributed by atoms with Crippen LogP contribution >= 0.6 is 0 Å². The Kier molecular flexibility index (Phi) is 5.17. The molecule has 24 heavy (non-hydrogen) atoms. The van der Waals surface area contributed by atoms with Crippen LogP contribution in [0.2, 0.25) is 0 Å². The Morgan fingerprint density at radius 1 is 1.29 bits per heavy atom. The zero-order valence-electron chi connectivity index (χ0n) is 14.3. The lowest BCUT2D eigenvalue weighted by molar-refractivity contribution is -0.767. The second-order valence-electron chi connectivity index (χ2n) is 6.39. The van der Waals surface area contributed by atoms with Gasteiger partial charge in [-0.15, -0.1) is 0 Å². The van der Waals surface area contributed by atoms with Crippen molar-refractivity contribution in [2.75, 3.05) is 31.9 Å². The maximum Gasteiger partial charge on any atom is 0.443 e. The van der Waals surface area contributed by atoms with Gasteiger partial charge in [0.2, 0.25) is 0 Å². The first kappa shape index (κ1) is 17.9. The standard InChI is InChI=1S/C14H23N6O4/c1-9-10(15)11(20(22)24-14(2,3)4)18-12(17-9)23-13(21)19-7-5-16-6-8-19/h16H,5-8,15H2,1-4H3/q+1. The third kappa shape index (κ3) is 4.51. The molecule has 2 rings (SSSR count). The van der Waals surface area contributed by atoms with Crippen LogP contribution in [-0.2, 0) is 4.84 Å². The summed E-state index contributed by atoms with van der Waals surface area (Å²) in [5, 5.41) is 3.13.